The zero-order chi connectivity index (χ0) is 12.4. The van der Waals surface area contributed by atoms with E-state index >= 15 is 0 Å². The van der Waals surface area contributed by atoms with E-state index in [0.717, 1.165) is 23.9 Å². The van der Waals surface area contributed by atoms with Crippen LogP contribution in [-0.2, 0) is 0 Å². The molecule has 1 saturated heterocycles. The molecule has 2 fully saturated rings. The van der Waals surface area contributed by atoms with Crippen LogP contribution in [0.2, 0.25) is 0 Å². The van der Waals surface area contributed by atoms with Gasteiger partial charge in [-0.05, 0) is 31.6 Å². The van der Waals surface area contributed by atoms with E-state index in [1.54, 1.807) is 0 Å². The third-order valence-corrected chi connectivity index (χ3v) is 5.22. The summed E-state index contributed by atoms with van der Waals surface area (Å²) in [4.78, 5) is 2.81. The monoisotopic (exact) mass is 238 g/mol. The molecule has 2 aliphatic rings. The van der Waals surface area contributed by atoms with Crippen molar-refractivity contribution in [3.05, 3.63) is 0 Å². The summed E-state index contributed by atoms with van der Waals surface area (Å²) < 4.78 is 0. The summed E-state index contributed by atoms with van der Waals surface area (Å²) in [6.45, 7) is 12.0. The highest BCUT2D eigenvalue weighted by atomic mass is 15.3. The molecule has 5 unspecified atom stereocenters. The van der Waals surface area contributed by atoms with Gasteiger partial charge in [0.2, 0.25) is 0 Å². The topological polar surface area (TPSA) is 15.3 Å². The Morgan fingerprint density at radius 1 is 1.29 bits per heavy atom. The van der Waals surface area contributed by atoms with Crippen molar-refractivity contribution in [1.29, 1.82) is 0 Å². The predicted octanol–water partition coefficient (Wildman–Crippen LogP) is 2.88. The van der Waals surface area contributed by atoms with E-state index in [2.05, 4.69) is 37.9 Å². The maximum absolute atomic E-state index is 3.75. The summed E-state index contributed by atoms with van der Waals surface area (Å²) in [5.41, 5.74) is 0. The average molecular weight is 238 g/mol. The minimum Gasteiger partial charge on any atom is -0.311 e. The first-order valence-electron chi connectivity index (χ1n) is 7.62. The molecule has 0 aromatic heterocycles. The van der Waals surface area contributed by atoms with Crippen LogP contribution in [0, 0.1) is 11.8 Å². The van der Waals surface area contributed by atoms with Crippen LogP contribution in [0.1, 0.15) is 53.4 Å². The van der Waals surface area contributed by atoms with E-state index in [4.69, 9.17) is 0 Å². The molecule has 17 heavy (non-hydrogen) atoms. The minimum atomic E-state index is 0.712. The molecule has 0 amide bonds. The van der Waals surface area contributed by atoms with Gasteiger partial charge >= 0.3 is 0 Å². The Hall–Kier alpha value is -0.0800. The molecular weight excluding hydrogens is 208 g/mol. The predicted molar refractivity (Wildman–Crippen MR) is 74.2 cm³/mol. The number of piperazine rings is 1. The summed E-state index contributed by atoms with van der Waals surface area (Å²) in [6, 6.07) is 2.29. The first kappa shape index (κ1) is 13.4. The van der Waals surface area contributed by atoms with Crippen LogP contribution in [0.5, 0.6) is 0 Å². The Labute approximate surface area is 107 Å². The van der Waals surface area contributed by atoms with Gasteiger partial charge in [0, 0.05) is 31.2 Å². The van der Waals surface area contributed by atoms with Crippen LogP contribution in [0.3, 0.4) is 0 Å². The van der Waals surface area contributed by atoms with E-state index in [0.29, 0.717) is 6.04 Å². The molecule has 100 valence electrons. The largest absolute Gasteiger partial charge is 0.311 e. The van der Waals surface area contributed by atoms with Crippen LogP contribution in [0.4, 0.5) is 0 Å². The summed E-state index contributed by atoms with van der Waals surface area (Å²) in [5.74, 6) is 1.72. The van der Waals surface area contributed by atoms with E-state index in [1.807, 2.05) is 0 Å². The lowest BCUT2D eigenvalue weighted by Crippen LogP contribution is -2.60. The van der Waals surface area contributed by atoms with Gasteiger partial charge in [0.15, 0.2) is 0 Å². The van der Waals surface area contributed by atoms with Crippen LogP contribution in [-0.4, -0.2) is 36.1 Å². The highest BCUT2D eigenvalue weighted by Gasteiger charge is 2.36. The van der Waals surface area contributed by atoms with Gasteiger partial charge < -0.3 is 5.32 Å². The van der Waals surface area contributed by atoms with Crippen molar-refractivity contribution in [3.8, 4) is 0 Å². The summed E-state index contributed by atoms with van der Waals surface area (Å²) in [7, 11) is 0. The van der Waals surface area contributed by atoms with Crippen LogP contribution < -0.4 is 5.32 Å². The SMILES string of the molecule is CCC(C)C1CN(C2CCCC2C)C(C)CN1. The summed E-state index contributed by atoms with van der Waals surface area (Å²) >= 11 is 0. The summed E-state index contributed by atoms with van der Waals surface area (Å²) in [5, 5.41) is 3.75. The molecule has 1 aliphatic carbocycles. The van der Waals surface area contributed by atoms with E-state index in [1.165, 1.54) is 38.8 Å². The Morgan fingerprint density at radius 2 is 2.06 bits per heavy atom. The maximum Gasteiger partial charge on any atom is 0.0221 e. The number of rotatable bonds is 3. The molecule has 5 atom stereocenters. The molecule has 0 aromatic carbocycles. The van der Waals surface area contributed by atoms with Gasteiger partial charge in [-0.1, -0.05) is 33.6 Å². The second-order valence-corrected chi connectivity index (χ2v) is 6.42. The first-order valence-corrected chi connectivity index (χ1v) is 7.62. The van der Waals surface area contributed by atoms with Gasteiger partial charge in [0.05, 0.1) is 0 Å². The average Bonchev–Trinajstić information content (AvgIpc) is 2.75. The standard InChI is InChI=1S/C15H30N2/c1-5-11(2)14-10-17(13(4)9-16-14)15-8-6-7-12(15)3/h11-16H,5-10H2,1-4H3. The molecule has 0 aromatic rings. The van der Waals surface area contributed by atoms with Crippen molar-refractivity contribution in [2.75, 3.05) is 13.1 Å². The number of hydrogen-bond acceptors (Lipinski definition) is 2. The fourth-order valence-corrected chi connectivity index (χ4v) is 3.66. The smallest absolute Gasteiger partial charge is 0.0221 e. The lowest BCUT2D eigenvalue weighted by molar-refractivity contribution is 0.0607. The lowest BCUT2D eigenvalue weighted by Gasteiger charge is -2.45. The highest BCUT2D eigenvalue weighted by molar-refractivity contribution is 4.93. The molecular formula is C15H30N2. The lowest BCUT2D eigenvalue weighted by atomic mass is 9.93. The van der Waals surface area contributed by atoms with Gasteiger partial charge in [-0.15, -0.1) is 0 Å². The normalized spacial score (nSPS) is 41.6. The molecule has 0 bridgehead atoms. The molecule has 2 nitrogen and oxygen atoms in total. The molecule has 0 spiro atoms. The van der Waals surface area contributed by atoms with E-state index in [-0.39, 0.29) is 0 Å². The van der Waals surface area contributed by atoms with Crippen molar-refractivity contribution < 1.29 is 0 Å². The van der Waals surface area contributed by atoms with Crippen molar-refractivity contribution in [3.63, 3.8) is 0 Å². The fourth-order valence-electron chi connectivity index (χ4n) is 3.66. The van der Waals surface area contributed by atoms with Crippen molar-refractivity contribution >= 4 is 0 Å². The Balaban J connectivity index is 1.99. The van der Waals surface area contributed by atoms with Gasteiger partial charge in [-0.25, -0.2) is 0 Å². The van der Waals surface area contributed by atoms with Crippen LogP contribution in [0.25, 0.3) is 0 Å². The highest BCUT2D eigenvalue weighted by Crippen LogP contribution is 2.32. The van der Waals surface area contributed by atoms with Crippen LogP contribution in [0.15, 0.2) is 0 Å². The molecule has 1 aliphatic heterocycles. The second kappa shape index (κ2) is 5.71. The third-order valence-electron chi connectivity index (χ3n) is 5.22. The number of nitrogens with zero attached hydrogens (tertiary/aromatic N) is 1. The summed E-state index contributed by atoms with van der Waals surface area (Å²) in [6.07, 6.45) is 5.60. The fraction of sp³-hybridized carbons (Fsp3) is 1.00. The molecule has 1 N–H and O–H groups in total. The Bertz CT molecular complexity index is 241. The molecule has 1 heterocycles. The minimum absolute atomic E-state index is 0.712. The number of nitrogens with one attached hydrogen (secondary N) is 1. The van der Waals surface area contributed by atoms with Crippen molar-refractivity contribution in [2.24, 2.45) is 11.8 Å². The third kappa shape index (κ3) is 2.85. The van der Waals surface area contributed by atoms with Gasteiger partial charge in [0.25, 0.3) is 0 Å². The van der Waals surface area contributed by atoms with Gasteiger partial charge in [-0.3, -0.25) is 4.90 Å². The van der Waals surface area contributed by atoms with E-state index in [9.17, 15) is 0 Å². The van der Waals surface area contributed by atoms with Crippen LogP contribution >= 0.6 is 0 Å². The zero-order valence-electron chi connectivity index (χ0n) is 12.1. The number of hydrogen-bond donors (Lipinski definition) is 1. The van der Waals surface area contributed by atoms with E-state index < -0.39 is 0 Å². The molecule has 2 heteroatoms. The van der Waals surface area contributed by atoms with Crippen molar-refractivity contribution in [2.45, 2.75) is 71.5 Å². The molecule has 0 radical (unpaired) electrons. The first-order chi connectivity index (χ1) is 8.13. The van der Waals surface area contributed by atoms with Gasteiger partial charge in [0.1, 0.15) is 0 Å². The molecule has 1 saturated carbocycles. The van der Waals surface area contributed by atoms with Gasteiger partial charge in [-0.2, -0.15) is 0 Å². The second-order valence-electron chi connectivity index (χ2n) is 6.42. The Morgan fingerprint density at radius 3 is 2.65 bits per heavy atom. The zero-order valence-corrected chi connectivity index (χ0v) is 12.1. The van der Waals surface area contributed by atoms with Crippen molar-refractivity contribution in [1.82, 2.24) is 10.2 Å². The Kier molecular flexibility index (Phi) is 4.48. The maximum atomic E-state index is 3.75. The quantitative estimate of drug-likeness (QED) is 0.813. The molecule has 2 rings (SSSR count).